The van der Waals surface area contributed by atoms with Gasteiger partial charge in [0.2, 0.25) is 5.91 Å². The monoisotopic (exact) mass is 276 g/mol. The fourth-order valence-electron chi connectivity index (χ4n) is 2.41. The molecule has 1 aliphatic heterocycles. The minimum Gasteiger partial charge on any atom is -0.481 e. The summed E-state index contributed by atoms with van der Waals surface area (Å²) in [6.07, 6.45) is 2.01. The first kappa shape index (κ1) is 14.5. The second-order valence-corrected chi connectivity index (χ2v) is 5.26. The molecule has 1 fully saturated rings. The first-order valence-electron chi connectivity index (χ1n) is 6.92. The van der Waals surface area contributed by atoms with Gasteiger partial charge in [0.05, 0.1) is 12.5 Å². The Morgan fingerprint density at radius 3 is 2.65 bits per heavy atom. The zero-order chi connectivity index (χ0) is 14.5. The first-order valence-corrected chi connectivity index (χ1v) is 6.92. The lowest BCUT2D eigenvalue weighted by Gasteiger charge is -2.13. The molecule has 5 heteroatoms. The largest absolute Gasteiger partial charge is 0.481 e. The van der Waals surface area contributed by atoms with E-state index in [0.717, 1.165) is 30.6 Å². The molecule has 1 amide bonds. The molecule has 3 N–H and O–H groups in total. The number of nitrogens with one attached hydrogen (secondary N) is 2. The van der Waals surface area contributed by atoms with Gasteiger partial charge < -0.3 is 15.7 Å². The number of carbonyl (C=O) groups is 2. The molecule has 5 nitrogen and oxygen atoms in total. The Balaban J connectivity index is 1.94. The zero-order valence-corrected chi connectivity index (χ0v) is 11.6. The quantitative estimate of drug-likeness (QED) is 0.768. The van der Waals surface area contributed by atoms with E-state index in [0.29, 0.717) is 0 Å². The van der Waals surface area contributed by atoms with Crippen LogP contribution in [0.4, 0.5) is 5.69 Å². The van der Waals surface area contributed by atoms with Crippen LogP contribution in [0.2, 0.25) is 0 Å². The predicted molar refractivity (Wildman–Crippen MR) is 76.8 cm³/mol. The number of aliphatic carboxylic acids is 1. The number of carboxylic acids is 1. The summed E-state index contributed by atoms with van der Waals surface area (Å²) in [6.45, 7) is 2.77. The van der Waals surface area contributed by atoms with Crippen LogP contribution in [0.3, 0.4) is 0 Å². The molecular weight excluding hydrogens is 256 g/mol. The van der Waals surface area contributed by atoms with Gasteiger partial charge in [-0.05, 0) is 43.0 Å². The molecule has 0 spiro atoms. The molecule has 1 aliphatic rings. The Kier molecular flexibility index (Phi) is 4.74. The van der Waals surface area contributed by atoms with Gasteiger partial charge in [-0.1, -0.05) is 19.1 Å². The Morgan fingerprint density at radius 1 is 1.40 bits per heavy atom. The summed E-state index contributed by atoms with van der Waals surface area (Å²) in [6, 6.07) is 7.28. The fourth-order valence-corrected chi connectivity index (χ4v) is 2.41. The van der Waals surface area contributed by atoms with Crippen LogP contribution < -0.4 is 10.6 Å². The highest BCUT2D eigenvalue weighted by molar-refractivity contribution is 5.95. The SMILES string of the molecule is CC(CC(=O)O)c1ccc(NC(=O)C2CCCN2)cc1. The summed E-state index contributed by atoms with van der Waals surface area (Å²) in [7, 11) is 0. The zero-order valence-electron chi connectivity index (χ0n) is 11.6. The van der Waals surface area contributed by atoms with Gasteiger partial charge in [0.15, 0.2) is 0 Å². The van der Waals surface area contributed by atoms with Crippen LogP contribution in [-0.4, -0.2) is 29.6 Å². The third-order valence-corrected chi connectivity index (χ3v) is 3.60. The number of rotatable bonds is 5. The molecule has 1 aromatic rings. The average molecular weight is 276 g/mol. The van der Waals surface area contributed by atoms with E-state index in [1.165, 1.54) is 0 Å². The topological polar surface area (TPSA) is 78.4 Å². The van der Waals surface area contributed by atoms with E-state index in [4.69, 9.17) is 5.11 Å². The van der Waals surface area contributed by atoms with Crippen LogP contribution >= 0.6 is 0 Å². The van der Waals surface area contributed by atoms with Crippen LogP contribution in [0, 0.1) is 0 Å². The van der Waals surface area contributed by atoms with Crippen molar-refractivity contribution in [2.75, 3.05) is 11.9 Å². The lowest BCUT2D eigenvalue weighted by atomic mass is 9.98. The van der Waals surface area contributed by atoms with Crippen molar-refractivity contribution in [3.63, 3.8) is 0 Å². The smallest absolute Gasteiger partial charge is 0.303 e. The molecule has 1 saturated heterocycles. The van der Waals surface area contributed by atoms with E-state index in [2.05, 4.69) is 10.6 Å². The highest BCUT2D eigenvalue weighted by atomic mass is 16.4. The van der Waals surface area contributed by atoms with Crippen molar-refractivity contribution >= 4 is 17.6 Å². The second kappa shape index (κ2) is 6.52. The van der Waals surface area contributed by atoms with Gasteiger partial charge in [-0.2, -0.15) is 0 Å². The molecule has 1 aromatic carbocycles. The minimum absolute atomic E-state index is 0.00571. The van der Waals surface area contributed by atoms with Crippen LogP contribution in [0.25, 0.3) is 0 Å². The van der Waals surface area contributed by atoms with Crippen molar-refractivity contribution in [3.8, 4) is 0 Å². The maximum Gasteiger partial charge on any atom is 0.303 e. The number of benzene rings is 1. The standard InChI is InChI=1S/C15H20N2O3/c1-10(9-14(18)19)11-4-6-12(7-5-11)17-15(20)13-3-2-8-16-13/h4-7,10,13,16H,2-3,8-9H2,1H3,(H,17,20)(H,18,19). The molecule has 0 saturated carbocycles. The molecule has 0 radical (unpaired) electrons. The number of carbonyl (C=O) groups excluding carboxylic acids is 1. The number of amides is 1. The molecule has 2 rings (SSSR count). The van der Waals surface area contributed by atoms with Gasteiger partial charge in [-0.15, -0.1) is 0 Å². The van der Waals surface area contributed by atoms with E-state index in [9.17, 15) is 9.59 Å². The van der Waals surface area contributed by atoms with E-state index in [-0.39, 0.29) is 24.3 Å². The average Bonchev–Trinajstić information content (AvgIpc) is 2.92. The Bertz CT molecular complexity index is 478. The van der Waals surface area contributed by atoms with Gasteiger partial charge >= 0.3 is 5.97 Å². The van der Waals surface area contributed by atoms with Crippen LogP contribution in [0.15, 0.2) is 24.3 Å². The third kappa shape index (κ3) is 3.81. The predicted octanol–water partition coefficient (Wildman–Crippen LogP) is 1.96. The number of hydrogen-bond donors (Lipinski definition) is 3. The van der Waals surface area contributed by atoms with Crippen molar-refractivity contribution in [1.29, 1.82) is 0 Å². The van der Waals surface area contributed by atoms with E-state index < -0.39 is 5.97 Å². The first-order chi connectivity index (χ1) is 9.56. The summed E-state index contributed by atoms with van der Waals surface area (Å²) >= 11 is 0. The number of carboxylic acid groups (broad SMARTS) is 1. The summed E-state index contributed by atoms with van der Waals surface area (Å²) in [4.78, 5) is 22.6. The van der Waals surface area contributed by atoms with Crippen molar-refractivity contribution in [2.45, 2.75) is 38.1 Å². The molecule has 2 unspecified atom stereocenters. The van der Waals surface area contributed by atoms with E-state index in [1.54, 1.807) is 0 Å². The Labute approximate surface area is 118 Å². The maximum atomic E-state index is 11.9. The van der Waals surface area contributed by atoms with E-state index >= 15 is 0 Å². The fraction of sp³-hybridized carbons (Fsp3) is 0.467. The third-order valence-electron chi connectivity index (χ3n) is 3.60. The van der Waals surface area contributed by atoms with Crippen molar-refractivity contribution < 1.29 is 14.7 Å². The highest BCUT2D eigenvalue weighted by Gasteiger charge is 2.21. The van der Waals surface area contributed by atoms with Gasteiger partial charge in [-0.3, -0.25) is 9.59 Å². The minimum atomic E-state index is -0.804. The molecule has 0 bridgehead atoms. The normalized spacial score (nSPS) is 19.6. The molecule has 108 valence electrons. The summed E-state index contributed by atoms with van der Waals surface area (Å²) in [5.74, 6) is -0.843. The van der Waals surface area contributed by atoms with Gasteiger partial charge in [-0.25, -0.2) is 0 Å². The summed E-state index contributed by atoms with van der Waals surface area (Å²) < 4.78 is 0. The second-order valence-electron chi connectivity index (χ2n) is 5.26. The van der Waals surface area contributed by atoms with Crippen LogP contribution in [0.5, 0.6) is 0 Å². The number of anilines is 1. The highest BCUT2D eigenvalue weighted by Crippen LogP contribution is 2.21. The molecule has 20 heavy (non-hydrogen) atoms. The molecule has 0 aliphatic carbocycles. The number of hydrogen-bond acceptors (Lipinski definition) is 3. The Morgan fingerprint density at radius 2 is 2.10 bits per heavy atom. The van der Waals surface area contributed by atoms with Crippen LogP contribution in [0.1, 0.15) is 37.7 Å². The van der Waals surface area contributed by atoms with Gasteiger partial charge in [0.1, 0.15) is 0 Å². The van der Waals surface area contributed by atoms with Gasteiger partial charge in [0.25, 0.3) is 0 Å². The lowest BCUT2D eigenvalue weighted by molar-refractivity contribution is -0.137. The maximum absolute atomic E-state index is 11.9. The van der Waals surface area contributed by atoms with Crippen LogP contribution in [-0.2, 0) is 9.59 Å². The molecular formula is C15H20N2O3. The Hall–Kier alpha value is -1.88. The molecule has 0 aromatic heterocycles. The van der Waals surface area contributed by atoms with E-state index in [1.807, 2.05) is 31.2 Å². The summed E-state index contributed by atoms with van der Waals surface area (Å²) in [5.41, 5.74) is 1.71. The van der Waals surface area contributed by atoms with Gasteiger partial charge in [0, 0.05) is 5.69 Å². The molecule has 1 heterocycles. The molecule has 2 atom stereocenters. The lowest BCUT2D eigenvalue weighted by Crippen LogP contribution is -2.35. The summed E-state index contributed by atoms with van der Waals surface area (Å²) in [5, 5.41) is 14.8. The van der Waals surface area contributed by atoms with Crippen molar-refractivity contribution in [3.05, 3.63) is 29.8 Å². The van der Waals surface area contributed by atoms with Crippen molar-refractivity contribution in [1.82, 2.24) is 5.32 Å². The van der Waals surface area contributed by atoms with Crippen molar-refractivity contribution in [2.24, 2.45) is 0 Å².